The lowest BCUT2D eigenvalue weighted by atomic mass is 10.1. The molecule has 1 unspecified atom stereocenters. The molecular weight excluding hydrogens is 345 g/mol. The van der Waals surface area contributed by atoms with E-state index in [-0.39, 0.29) is 37.3 Å². The van der Waals surface area contributed by atoms with Crippen molar-refractivity contribution in [2.45, 2.75) is 19.1 Å². The summed E-state index contributed by atoms with van der Waals surface area (Å²) in [7, 11) is 0. The SMILES string of the molecule is CC(=O)NC[C@H]1CN(c2ccc(OCC3CNC[C@@H]3O)c(F)c2)C(=O)O1. The summed E-state index contributed by atoms with van der Waals surface area (Å²) in [5, 5.41) is 15.4. The van der Waals surface area contributed by atoms with Crippen LogP contribution in [0.5, 0.6) is 5.75 Å². The molecule has 9 heteroatoms. The molecule has 3 rings (SSSR count). The van der Waals surface area contributed by atoms with Gasteiger partial charge in [0.05, 0.1) is 31.5 Å². The lowest BCUT2D eigenvalue weighted by Crippen LogP contribution is -2.33. The van der Waals surface area contributed by atoms with Crippen LogP contribution in [0, 0.1) is 11.7 Å². The highest BCUT2D eigenvalue weighted by Crippen LogP contribution is 2.27. The van der Waals surface area contributed by atoms with Crippen molar-refractivity contribution in [1.82, 2.24) is 10.6 Å². The van der Waals surface area contributed by atoms with Crippen LogP contribution in [-0.2, 0) is 9.53 Å². The monoisotopic (exact) mass is 367 g/mol. The predicted octanol–water partition coefficient (Wildman–Crippen LogP) is 0.246. The summed E-state index contributed by atoms with van der Waals surface area (Å²) >= 11 is 0. The maximum atomic E-state index is 14.3. The third-order valence-electron chi connectivity index (χ3n) is 4.44. The van der Waals surface area contributed by atoms with Crippen molar-refractivity contribution >= 4 is 17.7 Å². The first-order chi connectivity index (χ1) is 12.4. The van der Waals surface area contributed by atoms with Crippen LogP contribution in [0.15, 0.2) is 18.2 Å². The van der Waals surface area contributed by atoms with Crippen LogP contribution in [0.4, 0.5) is 14.9 Å². The first-order valence-electron chi connectivity index (χ1n) is 8.47. The minimum Gasteiger partial charge on any atom is -0.490 e. The Morgan fingerprint density at radius 3 is 2.96 bits per heavy atom. The van der Waals surface area contributed by atoms with E-state index in [2.05, 4.69) is 10.6 Å². The molecule has 2 heterocycles. The van der Waals surface area contributed by atoms with Gasteiger partial charge in [-0.15, -0.1) is 0 Å². The number of hydrogen-bond acceptors (Lipinski definition) is 6. The van der Waals surface area contributed by atoms with Crippen LogP contribution < -0.4 is 20.3 Å². The summed E-state index contributed by atoms with van der Waals surface area (Å²) in [5.74, 6) is -0.830. The Kier molecular flexibility index (Phi) is 5.58. The summed E-state index contributed by atoms with van der Waals surface area (Å²) in [6.45, 7) is 3.14. The standard InChI is InChI=1S/C17H22FN3O5/c1-10(22)20-6-13-8-21(17(24)26-13)12-2-3-16(14(18)4-12)25-9-11-5-19-7-15(11)23/h2-4,11,13,15,19,23H,5-9H2,1H3,(H,20,22)/t11?,13-,15-/m0/s1. The van der Waals surface area contributed by atoms with Crippen molar-refractivity contribution in [2.24, 2.45) is 5.92 Å². The van der Waals surface area contributed by atoms with Gasteiger partial charge in [-0.25, -0.2) is 9.18 Å². The van der Waals surface area contributed by atoms with Crippen LogP contribution >= 0.6 is 0 Å². The molecular formula is C17H22FN3O5. The van der Waals surface area contributed by atoms with E-state index in [9.17, 15) is 19.1 Å². The second kappa shape index (κ2) is 7.88. The molecule has 2 aliphatic rings. The highest BCUT2D eigenvalue weighted by atomic mass is 19.1. The predicted molar refractivity (Wildman–Crippen MR) is 90.6 cm³/mol. The molecule has 1 aromatic carbocycles. The van der Waals surface area contributed by atoms with Crippen LogP contribution in [0.2, 0.25) is 0 Å². The zero-order valence-corrected chi connectivity index (χ0v) is 14.4. The zero-order valence-electron chi connectivity index (χ0n) is 14.4. The van der Waals surface area contributed by atoms with E-state index in [0.717, 1.165) is 0 Å². The molecule has 0 aromatic heterocycles. The molecule has 142 valence electrons. The van der Waals surface area contributed by atoms with Gasteiger partial charge in [-0.2, -0.15) is 0 Å². The van der Waals surface area contributed by atoms with Gasteiger partial charge in [-0.1, -0.05) is 0 Å². The first-order valence-corrected chi connectivity index (χ1v) is 8.47. The summed E-state index contributed by atoms with van der Waals surface area (Å²) in [4.78, 5) is 24.2. The van der Waals surface area contributed by atoms with Crippen molar-refractivity contribution in [3.63, 3.8) is 0 Å². The number of rotatable bonds is 6. The topological polar surface area (TPSA) is 100 Å². The van der Waals surface area contributed by atoms with Gasteiger partial charge in [0, 0.05) is 32.0 Å². The molecule has 0 radical (unpaired) electrons. The van der Waals surface area contributed by atoms with E-state index >= 15 is 0 Å². The average Bonchev–Trinajstić information content (AvgIpc) is 3.17. The number of amides is 2. The van der Waals surface area contributed by atoms with Crippen LogP contribution in [0.25, 0.3) is 0 Å². The van der Waals surface area contributed by atoms with E-state index < -0.39 is 24.1 Å². The second-order valence-corrected chi connectivity index (χ2v) is 6.46. The molecule has 2 saturated heterocycles. The minimum absolute atomic E-state index is 0.0650. The number of anilines is 1. The van der Waals surface area contributed by atoms with Crippen molar-refractivity contribution in [1.29, 1.82) is 0 Å². The van der Waals surface area contributed by atoms with Gasteiger partial charge < -0.3 is 25.2 Å². The number of halogens is 1. The van der Waals surface area contributed by atoms with Gasteiger partial charge in [-0.3, -0.25) is 9.69 Å². The Hall–Kier alpha value is -2.39. The molecule has 0 saturated carbocycles. The number of aliphatic hydroxyl groups is 1. The third kappa shape index (κ3) is 4.23. The van der Waals surface area contributed by atoms with Crippen molar-refractivity contribution in [3.8, 4) is 5.75 Å². The minimum atomic E-state index is -0.596. The maximum absolute atomic E-state index is 14.3. The summed E-state index contributed by atoms with van der Waals surface area (Å²) in [6, 6.07) is 4.23. The fraction of sp³-hybridized carbons (Fsp3) is 0.529. The van der Waals surface area contributed by atoms with E-state index in [1.807, 2.05) is 0 Å². The summed E-state index contributed by atoms with van der Waals surface area (Å²) in [5.41, 5.74) is 0.354. The molecule has 3 N–H and O–H groups in total. The van der Waals surface area contributed by atoms with E-state index in [4.69, 9.17) is 9.47 Å². The highest BCUT2D eigenvalue weighted by Gasteiger charge is 2.33. The number of β-amino-alcohol motifs (C(OH)–C–C–N with tert-alkyl or cyclic N) is 1. The summed E-state index contributed by atoms with van der Waals surface area (Å²) < 4.78 is 24.9. The molecule has 8 nitrogen and oxygen atoms in total. The number of benzene rings is 1. The van der Waals surface area contributed by atoms with Crippen LogP contribution in [0.3, 0.4) is 0 Å². The van der Waals surface area contributed by atoms with Crippen LogP contribution in [-0.4, -0.2) is 62.1 Å². The number of carbonyl (C=O) groups is 2. The Balaban J connectivity index is 1.60. The second-order valence-electron chi connectivity index (χ2n) is 6.46. The van der Waals surface area contributed by atoms with Gasteiger partial charge in [-0.05, 0) is 12.1 Å². The molecule has 0 spiro atoms. The quantitative estimate of drug-likeness (QED) is 0.666. The zero-order chi connectivity index (χ0) is 18.7. The number of nitrogens with zero attached hydrogens (tertiary/aromatic N) is 1. The smallest absolute Gasteiger partial charge is 0.414 e. The molecule has 26 heavy (non-hydrogen) atoms. The van der Waals surface area contributed by atoms with Gasteiger partial charge in [0.25, 0.3) is 0 Å². The van der Waals surface area contributed by atoms with Crippen molar-refractivity contribution in [2.75, 3.05) is 37.7 Å². The number of cyclic esters (lactones) is 1. The van der Waals surface area contributed by atoms with E-state index in [1.54, 1.807) is 6.07 Å². The maximum Gasteiger partial charge on any atom is 0.414 e. The molecule has 0 bridgehead atoms. The van der Waals surface area contributed by atoms with Gasteiger partial charge >= 0.3 is 6.09 Å². The number of ether oxygens (including phenoxy) is 2. The Morgan fingerprint density at radius 1 is 1.50 bits per heavy atom. The molecule has 2 amide bonds. The fourth-order valence-electron chi connectivity index (χ4n) is 2.96. The largest absolute Gasteiger partial charge is 0.490 e. The average molecular weight is 367 g/mol. The van der Waals surface area contributed by atoms with Gasteiger partial charge in [0.2, 0.25) is 5.91 Å². The third-order valence-corrected chi connectivity index (χ3v) is 4.44. The first kappa shape index (κ1) is 18.4. The number of hydrogen-bond donors (Lipinski definition) is 3. The highest BCUT2D eigenvalue weighted by molar-refractivity contribution is 5.89. The van der Waals surface area contributed by atoms with Crippen molar-refractivity contribution in [3.05, 3.63) is 24.0 Å². The lowest BCUT2D eigenvalue weighted by molar-refractivity contribution is -0.119. The lowest BCUT2D eigenvalue weighted by Gasteiger charge is -2.17. The van der Waals surface area contributed by atoms with E-state index in [0.29, 0.717) is 18.8 Å². The molecule has 2 fully saturated rings. The summed E-state index contributed by atoms with van der Waals surface area (Å²) in [6.07, 6.45) is -1.58. The number of nitrogens with one attached hydrogen (secondary N) is 2. The molecule has 2 aliphatic heterocycles. The Labute approximate surface area is 150 Å². The van der Waals surface area contributed by atoms with Crippen LogP contribution in [0.1, 0.15) is 6.92 Å². The molecule has 0 aliphatic carbocycles. The molecule has 3 atom stereocenters. The Bertz CT molecular complexity index is 686. The number of carbonyl (C=O) groups excluding carboxylic acids is 2. The van der Waals surface area contributed by atoms with Gasteiger partial charge in [0.15, 0.2) is 11.6 Å². The van der Waals surface area contributed by atoms with Gasteiger partial charge in [0.1, 0.15) is 6.10 Å². The van der Waals surface area contributed by atoms with Crippen molar-refractivity contribution < 1.29 is 28.6 Å². The van der Waals surface area contributed by atoms with E-state index in [1.165, 1.54) is 24.0 Å². The fourth-order valence-corrected chi connectivity index (χ4v) is 2.96. The Morgan fingerprint density at radius 2 is 2.31 bits per heavy atom. The number of aliphatic hydroxyl groups excluding tert-OH is 1. The molecule has 1 aromatic rings. The normalized spacial score (nSPS) is 25.3.